The molecule has 2 unspecified atom stereocenters. The van der Waals surface area contributed by atoms with Crippen LogP contribution in [0.3, 0.4) is 0 Å². The molecule has 1 fully saturated rings. The summed E-state index contributed by atoms with van der Waals surface area (Å²) in [5.74, 6) is 0.0525. The van der Waals surface area contributed by atoms with Crippen LogP contribution in [-0.4, -0.2) is 41.7 Å². The van der Waals surface area contributed by atoms with E-state index in [4.69, 9.17) is 5.73 Å². The number of nitrogens with two attached hydrogens (primary N) is 1. The Kier molecular flexibility index (Phi) is 5.17. The fourth-order valence-corrected chi connectivity index (χ4v) is 5.44. The van der Waals surface area contributed by atoms with Crippen molar-refractivity contribution < 1.29 is 13.6 Å². The first-order valence-corrected chi connectivity index (χ1v) is 11.1. The summed E-state index contributed by atoms with van der Waals surface area (Å²) in [5, 5.41) is 2.84. The second kappa shape index (κ2) is 7.99. The number of nitrogens with zero attached hydrogens (tertiary/aromatic N) is 4. The number of amides is 1. The van der Waals surface area contributed by atoms with Crippen molar-refractivity contribution in [1.29, 1.82) is 0 Å². The number of carbonyl (C=O) groups excluding carboxylic acids is 1. The second-order valence-electron chi connectivity index (χ2n) is 7.83. The molecule has 1 amide bonds. The van der Waals surface area contributed by atoms with Crippen molar-refractivity contribution in [3.8, 4) is 0 Å². The minimum absolute atomic E-state index is 0.140. The molecule has 0 radical (unpaired) electrons. The van der Waals surface area contributed by atoms with Crippen molar-refractivity contribution in [3.63, 3.8) is 0 Å². The maximum absolute atomic E-state index is 14.9. The minimum Gasteiger partial charge on any atom is -0.384 e. The molecule has 2 aromatic heterocycles. The fraction of sp³-hybridized carbons (Fsp3) is 0.381. The minimum atomic E-state index is -0.911. The third-order valence-electron chi connectivity index (χ3n) is 5.75. The van der Waals surface area contributed by atoms with Crippen LogP contribution in [0.4, 0.5) is 26.1 Å². The molecular formula is C21H22F2N6OS. The first-order chi connectivity index (χ1) is 15.0. The van der Waals surface area contributed by atoms with Crippen molar-refractivity contribution in [2.75, 3.05) is 35.2 Å². The van der Waals surface area contributed by atoms with Gasteiger partial charge in [0.2, 0.25) is 5.95 Å². The molecule has 2 atom stereocenters. The van der Waals surface area contributed by atoms with Crippen molar-refractivity contribution in [1.82, 2.24) is 15.3 Å². The van der Waals surface area contributed by atoms with Gasteiger partial charge in [0.05, 0.1) is 11.4 Å². The largest absolute Gasteiger partial charge is 0.384 e. The molecule has 7 nitrogen and oxygen atoms in total. The van der Waals surface area contributed by atoms with Gasteiger partial charge in [0.15, 0.2) is 0 Å². The summed E-state index contributed by atoms with van der Waals surface area (Å²) in [6.07, 6.45) is 2.55. The van der Waals surface area contributed by atoms with E-state index in [2.05, 4.69) is 15.3 Å². The average Bonchev–Trinajstić information content (AvgIpc) is 3.19. The maximum Gasteiger partial charge on any atom is 0.266 e. The van der Waals surface area contributed by atoms with Crippen LogP contribution in [0.1, 0.15) is 30.2 Å². The Balaban J connectivity index is 1.33. The van der Waals surface area contributed by atoms with Crippen molar-refractivity contribution in [3.05, 3.63) is 52.6 Å². The van der Waals surface area contributed by atoms with Crippen LogP contribution in [0.2, 0.25) is 0 Å². The fourth-order valence-electron chi connectivity index (χ4n) is 4.19. The van der Waals surface area contributed by atoms with Crippen LogP contribution in [0, 0.1) is 5.95 Å². The summed E-state index contributed by atoms with van der Waals surface area (Å²) < 4.78 is 28.6. The van der Waals surface area contributed by atoms with Crippen molar-refractivity contribution in [2.45, 2.75) is 30.8 Å². The zero-order valence-corrected chi connectivity index (χ0v) is 17.5. The standard InChI is InChI=1S/C21H22F2N6OS/c22-12-2-1-8-28(11-12)17-4-3-14(19(23)27-17)20-26-15-6-9-29(21(30)18(15)31-20)13-5-7-25-16(24)10-13/h3-5,7,10,12,20,26H,1-2,6,8-9,11H2,(H2,24,25). The number of pyridine rings is 2. The molecule has 0 aliphatic carbocycles. The van der Waals surface area contributed by atoms with Gasteiger partial charge in [0, 0.05) is 48.7 Å². The molecule has 0 spiro atoms. The smallest absolute Gasteiger partial charge is 0.266 e. The number of anilines is 3. The zero-order chi connectivity index (χ0) is 21.5. The highest BCUT2D eigenvalue weighted by Gasteiger charge is 2.37. The molecule has 0 aromatic carbocycles. The Hall–Kier alpha value is -2.88. The van der Waals surface area contributed by atoms with E-state index in [-0.39, 0.29) is 12.5 Å². The van der Waals surface area contributed by atoms with E-state index >= 15 is 0 Å². The van der Waals surface area contributed by atoms with E-state index in [9.17, 15) is 13.6 Å². The van der Waals surface area contributed by atoms with Crippen molar-refractivity contribution >= 4 is 35.0 Å². The topological polar surface area (TPSA) is 87.4 Å². The predicted molar refractivity (Wildman–Crippen MR) is 117 cm³/mol. The number of nitrogen functional groups attached to an aromatic ring is 1. The Morgan fingerprint density at radius 1 is 1.26 bits per heavy atom. The number of rotatable bonds is 3. The number of piperidine rings is 1. The number of aromatic nitrogens is 2. The molecule has 0 saturated carbocycles. The number of hydrogen-bond donors (Lipinski definition) is 2. The van der Waals surface area contributed by atoms with Crippen LogP contribution in [0.5, 0.6) is 0 Å². The highest BCUT2D eigenvalue weighted by atomic mass is 32.2. The van der Waals surface area contributed by atoms with Gasteiger partial charge in [-0.25, -0.2) is 14.4 Å². The molecule has 5 rings (SSSR count). The van der Waals surface area contributed by atoms with Gasteiger partial charge in [-0.3, -0.25) is 4.79 Å². The SMILES string of the molecule is Nc1cc(N2CCC3=C(SC(c4ccc(N5CCCC(F)C5)nc4F)N3)C2=O)ccn1. The number of thioether (sulfide) groups is 1. The number of nitrogens with one attached hydrogen (secondary N) is 1. The van der Waals surface area contributed by atoms with Crippen LogP contribution >= 0.6 is 11.8 Å². The van der Waals surface area contributed by atoms with Gasteiger partial charge in [0.1, 0.15) is 23.2 Å². The Labute approximate surface area is 182 Å². The first kappa shape index (κ1) is 20.0. The molecule has 1 saturated heterocycles. The molecule has 3 aliphatic rings. The molecular weight excluding hydrogens is 422 g/mol. The molecule has 3 N–H and O–H groups in total. The van der Waals surface area contributed by atoms with Crippen molar-refractivity contribution in [2.24, 2.45) is 0 Å². The van der Waals surface area contributed by atoms with Gasteiger partial charge in [-0.1, -0.05) is 11.8 Å². The van der Waals surface area contributed by atoms with Gasteiger partial charge < -0.3 is 20.9 Å². The highest BCUT2D eigenvalue weighted by molar-refractivity contribution is 8.04. The van der Waals surface area contributed by atoms with E-state index < -0.39 is 17.5 Å². The zero-order valence-electron chi connectivity index (χ0n) is 16.7. The quantitative estimate of drug-likeness (QED) is 0.704. The summed E-state index contributed by atoms with van der Waals surface area (Å²) in [5.41, 5.74) is 7.64. The maximum atomic E-state index is 14.9. The third kappa shape index (κ3) is 3.80. The second-order valence-corrected chi connectivity index (χ2v) is 8.95. The summed E-state index contributed by atoms with van der Waals surface area (Å²) in [7, 11) is 0. The van der Waals surface area contributed by atoms with E-state index in [1.54, 1.807) is 40.3 Å². The molecule has 3 aliphatic heterocycles. The normalized spacial score (nSPS) is 23.7. The monoisotopic (exact) mass is 444 g/mol. The lowest BCUT2D eigenvalue weighted by Crippen LogP contribution is -2.37. The third-order valence-corrected chi connectivity index (χ3v) is 7.01. The summed E-state index contributed by atoms with van der Waals surface area (Å²) in [6, 6.07) is 6.81. The molecule has 162 valence electrons. The molecule has 31 heavy (non-hydrogen) atoms. The van der Waals surface area contributed by atoms with Crippen LogP contribution in [0.25, 0.3) is 0 Å². The van der Waals surface area contributed by atoms with Crippen LogP contribution in [-0.2, 0) is 4.79 Å². The number of hydrogen-bond acceptors (Lipinski definition) is 7. The number of carbonyl (C=O) groups is 1. The first-order valence-electron chi connectivity index (χ1n) is 10.2. The van der Waals surface area contributed by atoms with Gasteiger partial charge in [-0.05, 0) is 31.0 Å². The molecule has 5 heterocycles. The summed E-state index contributed by atoms with van der Waals surface area (Å²) in [4.78, 5) is 25.1. The lowest BCUT2D eigenvalue weighted by molar-refractivity contribution is -0.114. The Morgan fingerprint density at radius 3 is 2.90 bits per heavy atom. The molecule has 0 bridgehead atoms. The lowest BCUT2D eigenvalue weighted by Gasteiger charge is -2.30. The van der Waals surface area contributed by atoms with Crippen LogP contribution in [0.15, 0.2) is 41.1 Å². The summed E-state index contributed by atoms with van der Waals surface area (Å²) in [6.45, 7) is 1.41. The van der Waals surface area contributed by atoms with Gasteiger partial charge in [-0.2, -0.15) is 4.39 Å². The molecule has 2 aromatic rings. The van der Waals surface area contributed by atoms with E-state index in [0.717, 1.165) is 12.1 Å². The van der Waals surface area contributed by atoms with E-state index in [0.29, 0.717) is 53.7 Å². The van der Waals surface area contributed by atoms with E-state index in [1.807, 2.05) is 0 Å². The van der Waals surface area contributed by atoms with Gasteiger partial charge in [-0.15, -0.1) is 0 Å². The highest BCUT2D eigenvalue weighted by Crippen LogP contribution is 2.45. The lowest BCUT2D eigenvalue weighted by atomic mass is 10.1. The predicted octanol–water partition coefficient (Wildman–Crippen LogP) is 3.12. The molecule has 10 heteroatoms. The Morgan fingerprint density at radius 2 is 2.13 bits per heavy atom. The Bertz CT molecular complexity index is 1060. The van der Waals surface area contributed by atoms with E-state index in [1.165, 1.54) is 11.8 Å². The van der Waals surface area contributed by atoms with Gasteiger partial charge in [0.25, 0.3) is 5.91 Å². The van der Waals surface area contributed by atoms with Crippen LogP contribution < -0.4 is 20.9 Å². The van der Waals surface area contributed by atoms with Gasteiger partial charge >= 0.3 is 0 Å². The summed E-state index contributed by atoms with van der Waals surface area (Å²) >= 11 is 1.29. The number of alkyl halides is 1. The average molecular weight is 445 g/mol. The number of halogens is 2.